The van der Waals surface area contributed by atoms with Crippen molar-refractivity contribution in [2.45, 2.75) is 44.9 Å². The lowest BCUT2D eigenvalue weighted by Gasteiger charge is -2.44. The van der Waals surface area contributed by atoms with Gasteiger partial charge in [0, 0.05) is 25.7 Å². The Hall–Kier alpha value is -1.92. The average Bonchev–Trinajstić information content (AvgIpc) is 2.67. The molecule has 2 atom stereocenters. The first-order valence-corrected chi connectivity index (χ1v) is 9.40. The van der Waals surface area contributed by atoms with E-state index in [9.17, 15) is 14.7 Å². The van der Waals surface area contributed by atoms with Gasteiger partial charge in [-0.15, -0.1) is 0 Å². The number of amides is 2. The molecule has 0 saturated carbocycles. The summed E-state index contributed by atoms with van der Waals surface area (Å²) < 4.78 is 5.77. The Morgan fingerprint density at radius 3 is 2.46 bits per heavy atom. The van der Waals surface area contributed by atoms with Gasteiger partial charge in [-0.3, -0.25) is 9.59 Å². The molecule has 1 aromatic carbocycles. The van der Waals surface area contributed by atoms with Gasteiger partial charge in [-0.25, -0.2) is 0 Å². The smallest absolute Gasteiger partial charge is 0.254 e. The number of morpholine rings is 1. The van der Waals surface area contributed by atoms with Crippen LogP contribution in [0.1, 0.15) is 38.3 Å². The van der Waals surface area contributed by atoms with Crippen LogP contribution in [0.15, 0.2) is 30.3 Å². The highest BCUT2D eigenvalue weighted by Gasteiger charge is 2.44. The van der Waals surface area contributed by atoms with Gasteiger partial charge in [-0.05, 0) is 38.2 Å². The fourth-order valence-corrected chi connectivity index (χ4v) is 3.94. The Kier molecular flexibility index (Phi) is 5.94. The van der Waals surface area contributed by atoms with Gasteiger partial charge in [0.2, 0.25) is 5.91 Å². The molecule has 2 amide bonds. The lowest BCUT2D eigenvalue weighted by atomic mass is 9.93. The molecule has 6 nitrogen and oxygen atoms in total. The maximum Gasteiger partial charge on any atom is 0.254 e. The van der Waals surface area contributed by atoms with Crippen molar-refractivity contribution in [1.82, 2.24) is 9.80 Å². The Bertz CT molecular complexity index is 626. The van der Waals surface area contributed by atoms with E-state index in [0.29, 0.717) is 13.1 Å². The van der Waals surface area contributed by atoms with Crippen molar-refractivity contribution in [2.75, 3.05) is 26.3 Å². The zero-order chi connectivity index (χ0) is 18.7. The molecule has 2 aliphatic rings. The predicted octanol–water partition coefficient (Wildman–Crippen LogP) is 1.59. The van der Waals surface area contributed by atoms with E-state index in [0.717, 1.165) is 18.4 Å². The molecule has 142 valence electrons. The fourth-order valence-electron chi connectivity index (χ4n) is 3.94. The van der Waals surface area contributed by atoms with E-state index in [1.807, 2.05) is 49.1 Å². The number of aliphatic hydroxyl groups excluding tert-OH is 1. The molecule has 0 aromatic heterocycles. The monoisotopic (exact) mass is 360 g/mol. The van der Waals surface area contributed by atoms with Gasteiger partial charge in [-0.2, -0.15) is 0 Å². The van der Waals surface area contributed by atoms with Crippen LogP contribution in [-0.4, -0.2) is 65.2 Å². The van der Waals surface area contributed by atoms with Crippen molar-refractivity contribution >= 4 is 11.8 Å². The Balaban J connectivity index is 1.86. The number of likely N-dealkylation sites (tertiary alicyclic amines) is 1. The molecule has 1 N–H and O–H groups in total. The zero-order valence-corrected chi connectivity index (χ0v) is 15.5. The van der Waals surface area contributed by atoms with Crippen LogP contribution >= 0.6 is 0 Å². The molecule has 2 heterocycles. The first-order chi connectivity index (χ1) is 12.5. The van der Waals surface area contributed by atoms with Crippen LogP contribution in [0.3, 0.4) is 0 Å². The molecule has 26 heavy (non-hydrogen) atoms. The maximum absolute atomic E-state index is 13.2. The van der Waals surface area contributed by atoms with E-state index < -0.39 is 12.1 Å². The Morgan fingerprint density at radius 2 is 1.88 bits per heavy atom. The summed E-state index contributed by atoms with van der Waals surface area (Å²) in [5.74, 6) is 0.121. The van der Waals surface area contributed by atoms with Crippen LogP contribution in [0.4, 0.5) is 0 Å². The predicted molar refractivity (Wildman–Crippen MR) is 97.3 cm³/mol. The fraction of sp³-hybridized carbons (Fsp3) is 0.600. The van der Waals surface area contributed by atoms with E-state index in [4.69, 9.17) is 4.74 Å². The number of hydrogen-bond acceptors (Lipinski definition) is 4. The summed E-state index contributed by atoms with van der Waals surface area (Å²) in [6.07, 6.45) is 0.915. The van der Waals surface area contributed by atoms with Gasteiger partial charge < -0.3 is 19.6 Å². The van der Waals surface area contributed by atoms with Crippen molar-refractivity contribution in [3.8, 4) is 0 Å². The van der Waals surface area contributed by atoms with Crippen molar-refractivity contribution < 1.29 is 19.4 Å². The lowest BCUT2D eigenvalue weighted by Crippen LogP contribution is -2.57. The number of piperidine rings is 1. The van der Waals surface area contributed by atoms with E-state index in [1.165, 1.54) is 0 Å². The molecule has 2 saturated heterocycles. The average molecular weight is 360 g/mol. The topological polar surface area (TPSA) is 70.1 Å². The quantitative estimate of drug-likeness (QED) is 0.885. The Morgan fingerprint density at radius 1 is 1.23 bits per heavy atom. The highest BCUT2D eigenvalue weighted by molar-refractivity contribution is 5.86. The van der Waals surface area contributed by atoms with E-state index >= 15 is 0 Å². The van der Waals surface area contributed by atoms with Crippen molar-refractivity contribution in [1.29, 1.82) is 0 Å². The molecule has 0 radical (unpaired) electrons. The number of rotatable bonds is 4. The third kappa shape index (κ3) is 3.76. The molecule has 1 aromatic rings. The molecule has 6 heteroatoms. The first-order valence-electron chi connectivity index (χ1n) is 9.40. The van der Waals surface area contributed by atoms with Gasteiger partial charge in [0.25, 0.3) is 5.91 Å². The van der Waals surface area contributed by atoms with E-state index in [2.05, 4.69) is 0 Å². The van der Waals surface area contributed by atoms with Gasteiger partial charge in [-0.1, -0.05) is 30.3 Å². The maximum atomic E-state index is 13.2. The van der Waals surface area contributed by atoms with Crippen LogP contribution in [-0.2, 0) is 14.3 Å². The lowest BCUT2D eigenvalue weighted by molar-refractivity contribution is -0.172. The van der Waals surface area contributed by atoms with Crippen molar-refractivity contribution in [3.05, 3.63) is 35.9 Å². The molecule has 2 aliphatic heterocycles. The van der Waals surface area contributed by atoms with E-state index in [-0.39, 0.29) is 37.0 Å². The number of ether oxygens (including phenoxy) is 1. The van der Waals surface area contributed by atoms with Crippen LogP contribution in [0.5, 0.6) is 0 Å². The number of carbonyl (C=O) groups is 2. The molecule has 0 bridgehead atoms. The summed E-state index contributed by atoms with van der Waals surface area (Å²) in [7, 11) is 0. The molecule has 0 aliphatic carbocycles. The van der Waals surface area contributed by atoms with Crippen LogP contribution < -0.4 is 0 Å². The summed E-state index contributed by atoms with van der Waals surface area (Å²) in [6.45, 7) is 5.29. The molecule has 2 fully saturated rings. The highest BCUT2D eigenvalue weighted by Crippen LogP contribution is 2.33. The minimum atomic E-state index is -0.692. The zero-order valence-electron chi connectivity index (χ0n) is 15.5. The largest absolute Gasteiger partial charge is 0.396 e. The van der Waals surface area contributed by atoms with Gasteiger partial charge >= 0.3 is 0 Å². The summed E-state index contributed by atoms with van der Waals surface area (Å²) in [5, 5.41) is 9.31. The van der Waals surface area contributed by atoms with Crippen LogP contribution in [0.2, 0.25) is 0 Å². The standard InChI is InChI=1S/C20H28N2O4/c1-14(2)22-17(24)13-26-19(18(22)16-6-4-3-5-7-16)20(25)21-10-8-15(12-23)9-11-21/h3-7,14-15,18-19,23H,8-13H2,1-2H3/t18-,19+/m1/s1. The molecular weight excluding hydrogens is 332 g/mol. The number of aliphatic hydroxyl groups is 1. The normalized spacial score (nSPS) is 25.0. The van der Waals surface area contributed by atoms with Crippen LogP contribution in [0, 0.1) is 5.92 Å². The summed E-state index contributed by atoms with van der Waals surface area (Å²) in [4.78, 5) is 29.3. The van der Waals surface area contributed by atoms with E-state index in [1.54, 1.807) is 4.90 Å². The summed E-state index contributed by atoms with van der Waals surface area (Å²) in [5.41, 5.74) is 0.915. The van der Waals surface area contributed by atoms with Gasteiger partial charge in [0.15, 0.2) is 6.10 Å². The molecule has 0 unspecified atom stereocenters. The molecule has 0 spiro atoms. The van der Waals surface area contributed by atoms with Gasteiger partial charge in [0.05, 0.1) is 6.04 Å². The minimum Gasteiger partial charge on any atom is -0.396 e. The number of hydrogen-bond donors (Lipinski definition) is 1. The van der Waals surface area contributed by atoms with Crippen LogP contribution in [0.25, 0.3) is 0 Å². The second kappa shape index (κ2) is 8.18. The summed E-state index contributed by atoms with van der Waals surface area (Å²) in [6, 6.07) is 9.21. The Labute approximate surface area is 154 Å². The summed E-state index contributed by atoms with van der Waals surface area (Å²) >= 11 is 0. The number of benzene rings is 1. The van der Waals surface area contributed by atoms with Crippen molar-refractivity contribution in [2.24, 2.45) is 5.92 Å². The second-order valence-electron chi connectivity index (χ2n) is 7.43. The molecular formula is C20H28N2O4. The number of carbonyl (C=O) groups excluding carboxylic acids is 2. The number of nitrogens with zero attached hydrogens (tertiary/aromatic N) is 2. The first kappa shape index (κ1) is 18.9. The second-order valence-corrected chi connectivity index (χ2v) is 7.43. The highest BCUT2D eigenvalue weighted by atomic mass is 16.5. The van der Waals surface area contributed by atoms with Crippen molar-refractivity contribution in [3.63, 3.8) is 0 Å². The SMILES string of the molecule is CC(C)N1C(=O)CO[C@H](C(=O)N2CCC(CO)CC2)[C@H]1c1ccccc1. The minimum absolute atomic E-state index is 0.0213. The van der Waals surface area contributed by atoms with Gasteiger partial charge in [0.1, 0.15) is 6.61 Å². The third-order valence-electron chi connectivity index (χ3n) is 5.39. The third-order valence-corrected chi connectivity index (χ3v) is 5.39. The molecule has 3 rings (SSSR count).